The van der Waals surface area contributed by atoms with Gasteiger partial charge in [-0.05, 0) is 67.2 Å². The molecule has 2 fully saturated rings. The zero-order valence-corrected chi connectivity index (χ0v) is 23.2. The van der Waals surface area contributed by atoms with Crippen LogP contribution in [0.3, 0.4) is 0 Å². The molecule has 0 radical (unpaired) electrons. The van der Waals surface area contributed by atoms with E-state index in [1.54, 1.807) is 38.1 Å². The van der Waals surface area contributed by atoms with Crippen LogP contribution in [0.1, 0.15) is 75.2 Å². The number of carbonyl (C=O) groups excluding carboxylic acids is 2. The van der Waals surface area contributed by atoms with Gasteiger partial charge in [0, 0.05) is 37.0 Å². The van der Waals surface area contributed by atoms with Crippen LogP contribution >= 0.6 is 0 Å². The van der Waals surface area contributed by atoms with Gasteiger partial charge in [-0.15, -0.1) is 0 Å². The monoisotopic (exact) mass is 503 g/mol. The van der Waals surface area contributed by atoms with Gasteiger partial charge >= 0.3 is 13.2 Å². The minimum Gasteiger partial charge on any atom is -0.444 e. The Morgan fingerprint density at radius 2 is 1.72 bits per heavy atom. The lowest BCUT2D eigenvalue weighted by Gasteiger charge is -2.36. The van der Waals surface area contributed by atoms with Gasteiger partial charge in [-0.2, -0.15) is 0 Å². The van der Waals surface area contributed by atoms with E-state index in [2.05, 4.69) is 20.6 Å². The number of hydrogen-bond donors (Lipinski definition) is 2. The summed E-state index contributed by atoms with van der Waals surface area (Å²) in [4.78, 5) is 36.3. The SMILES string of the molecule is CC(C)C(NC(=O)OC(C)(C)C)C(=O)N1CCC[C@H](Nc2ncc(B3OC(C)(C)C(C)(C)O3)cn2)C1. The smallest absolute Gasteiger partial charge is 0.444 e. The molecule has 2 amide bonds. The summed E-state index contributed by atoms with van der Waals surface area (Å²) in [7, 11) is -0.516. The molecular formula is C25H42BN5O5. The summed E-state index contributed by atoms with van der Waals surface area (Å²) in [5.74, 6) is 0.297. The number of likely N-dealkylation sites (tertiary alicyclic amines) is 1. The van der Waals surface area contributed by atoms with Crippen LogP contribution in [0.25, 0.3) is 0 Å². The summed E-state index contributed by atoms with van der Waals surface area (Å²) in [6, 6.07) is -0.659. The van der Waals surface area contributed by atoms with E-state index in [0.29, 0.717) is 19.0 Å². The second-order valence-electron chi connectivity index (χ2n) is 12.1. The zero-order chi connectivity index (χ0) is 26.9. The number of alkyl carbamates (subject to hydrolysis) is 1. The fourth-order valence-corrected chi connectivity index (χ4v) is 4.14. The van der Waals surface area contributed by atoms with Gasteiger partial charge in [0.2, 0.25) is 11.9 Å². The lowest BCUT2D eigenvalue weighted by molar-refractivity contribution is -0.135. The zero-order valence-electron chi connectivity index (χ0n) is 23.2. The minimum absolute atomic E-state index is 0.000244. The Bertz CT molecular complexity index is 916. The van der Waals surface area contributed by atoms with Crippen molar-refractivity contribution in [2.75, 3.05) is 18.4 Å². The summed E-state index contributed by atoms with van der Waals surface area (Å²) < 4.78 is 17.5. The molecule has 2 atom stereocenters. The molecule has 0 spiro atoms. The molecule has 2 aliphatic heterocycles. The first-order valence-electron chi connectivity index (χ1n) is 12.8. The van der Waals surface area contributed by atoms with E-state index in [4.69, 9.17) is 14.0 Å². The van der Waals surface area contributed by atoms with E-state index in [1.165, 1.54) is 0 Å². The maximum absolute atomic E-state index is 13.3. The Kier molecular flexibility index (Phi) is 8.25. The van der Waals surface area contributed by atoms with E-state index < -0.39 is 36.1 Å². The van der Waals surface area contributed by atoms with Crippen molar-refractivity contribution in [2.45, 2.75) is 104 Å². The molecule has 36 heavy (non-hydrogen) atoms. The molecule has 1 unspecified atom stereocenters. The quantitative estimate of drug-likeness (QED) is 0.570. The summed E-state index contributed by atoms with van der Waals surface area (Å²) in [6.45, 7) is 18.4. The normalized spacial score (nSPS) is 22.3. The highest BCUT2D eigenvalue weighted by Gasteiger charge is 2.52. The standard InChI is InChI=1S/C25H42BN5O5/c1-16(2)19(30-22(33)34-23(3,4)5)20(32)31-12-10-11-18(15-31)29-21-27-13-17(14-28-21)26-35-24(6,7)25(8,9)36-26/h13-14,16,18-19H,10-12,15H2,1-9H3,(H,30,33)(H,27,28,29)/t18-,19?/m0/s1. The van der Waals surface area contributed by atoms with Gasteiger partial charge in [0.1, 0.15) is 11.6 Å². The second-order valence-corrected chi connectivity index (χ2v) is 12.1. The molecular weight excluding hydrogens is 461 g/mol. The molecule has 0 saturated carbocycles. The second kappa shape index (κ2) is 10.5. The number of rotatable bonds is 6. The van der Waals surface area contributed by atoms with Crippen LogP contribution in [0.5, 0.6) is 0 Å². The number of nitrogens with zero attached hydrogens (tertiary/aromatic N) is 3. The van der Waals surface area contributed by atoms with Crippen LogP contribution in [0, 0.1) is 5.92 Å². The molecule has 2 saturated heterocycles. The molecule has 0 bridgehead atoms. The van der Waals surface area contributed by atoms with Crippen molar-refractivity contribution in [1.29, 1.82) is 0 Å². The predicted molar refractivity (Wildman–Crippen MR) is 139 cm³/mol. The van der Waals surface area contributed by atoms with Crippen molar-refractivity contribution in [2.24, 2.45) is 5.92 Å². The third kappa shape index (κ3) is 6.88. The number of hydrogen-bond acceptors (Lipinski definition) is 8. The van der Waals surface area contributed by atoms with Crippen molar-refractivity contribution in [3.63, 3.8) is 0 Å². The fourth-order valence-electron chi connectivity index (χ4n) is 4.14. The number of aromatic nitrogens is 2. The number of amides is 2. The third-order valence-electron chi connectivity index (χ3n) is 6.87. The molecule has 10 nitrogen and oxygen atoms in total. The molecule has 0 aliphatic carbocycles. The van der Waals surface area contributed by atoms with E-state index >= 15 is 0 Å². The van der Waals surface area contributed by atoms with E-state index in [-0.39, 0.29) is 17.9 Å². The van der Waals surface area contributed by atoms with Crippen LogP contribution in [-0.2, 0) is 18.8 Å². The van der Waals surface area contributed by atoms with E-state index in [1.807, 2.05) is 41.5 Å². The number of ether oxygens (including phenoxy) is 1. The first-order valence-corrected chi connectivity index (χ1v) is 12.8. The summed E-state index contributed by atoms with van der Waals surface area (Å²) in [5, 5.41) is 6.10. The maximum atomic E-state index is 13.3. The van der Waals surface area contributed by atoms with Crippen LogP contribution < -0.4 is 16.1 Å². The highest BCUT2D eigenvalue weighted by Crippen LogP contribution is 2.36. The van der Waals surface area contributed by atoms with Gasteiger partial charge in [0.05, 0.1) is 11.2 Å². The molecule has 2 N–H and O–H groups in total. The number of nitrogens with one attached hydrogen (secondary N) is 2. The van der Waals surface area contributed by atoms with Crippen LogP contribution in [0.15, 0.2) is 12.4 Å². The summed E-state index contributed by atoms with van der Waals surface area (Å²) in [5.41, 5.74) is -0.738. The Morgan fingerprint density at radius 3 is 2.25 bits per heavy atom. The Morgan fingerprint density at radius 1 is 1.14 bits per heavy atom. The van der Waals surface area contributed by atoms with Crippen molar-refractivity contribution < 1.29 is 23.6 Å². The van der Waals surface area contributed by atoms with Crippen molar-refractivity contribution in [3.05, 3.63) is 12.4 Å². The molecule has 3 heterocycles. The molecule has 11 heteroatoms. The number of piperidine rings is 1. The first kappa shape index (κ1) is 28.2. The third-order valence-corrected chi connectivity index (χ3v) is 6.87. The number of carbonyl (C=O) groups is 2. The lowest BCUT2D eigenvalue weighted by Crippen LogP contribution is -2.55. The molecule has 200 valence electrons. The minimum atomic E-state index is -0.658. The van der Waals surface area contributed by atoms with Crippen molar-refractivity contribution in [3.8, 4) is 0 Å². The van der Waals surface area contributed by atoms with Gasteiger partial charge in [-0.25, -0.2) is 14.8 Å². The van der Waals surface area contributed by atoms with Crippen LogP contribution in [0.4, 0.5) is 10.7 Å². The predicted octanol–water partition coefficient (Wildman–Crippen LogP) is 2.73. The van der Waals surface area contributed by atoms with Gasteiger partial charge in [-0.3, -0.25) is 4.79 Å². The Hall–Kier alpha value is -2.40. The van der Waals surface area contributed by atoms with E-state index in [9.17, 15) is 9.59 Å². The Balaban J connectivity index is 1.59. The highest BCUT2D eigenvalue weighted by molar-refractivity contribution is 6.61. The lowest BCUT2D eigenvalue weighted by atomic mass is 9.81. The Labute approximate surface area is 215 Å². The molecule has 1 aromatic heterocycles. The van der Waals surface area contributed by atoms with Gasteiger partial charge in [0.25, 0.3) is 0 Å². The van der Waals surface area contributed by atoms with E-state index in [0.717, 1.165) is 18.3 Å². The average molecular weight is 503 g/mol. The van der Waals surface area contributed by atoms with Crippen LogP contribution in [0.2, 0.25) is 0 Å². The number of anilines is 1. The topological polar surface area (TPSA) is 115 Å². The van der Waals surface area contributed by atoms with Crippen molar-refractivity contribution in [1.82, 2.24) is 20.2 Å². The molecule has 1 aromatic rings. The molecule has 0 aromatic carbocycles. The molecule has 3 rings (SSSR count). The summed E-state index contributed by atoms with van der Waals surface area (Å²) in [6.07, 6.45) is 4.56. The molecule has 2 aliphatic rings. The average Bonchev–Trinajstić information content (AvgIpc) is 2.98. The van der Waals surface area contributed by atoms with Crippen LogP contribution in [-0.4, -0.2) is 76.0 Å². The van der Waals surface area contributed by atoms with Gasteiger partial charge in [0.15, 0.2) is 0 Å². The van der Waals surface area contributed by atoms with Crippen molar-refractivity contribution >= 4 is 30.5 Å². The van der Waals surface area contributed by atoms with Gasteiger partial charge in [-0.1, -0.05) is 13.8 Å². The fraction of sp³-hybridized carbons (Fsp3) is 0.760. The first-order chi connectivity index (χ1) is 16.6. The van der Waals surface area contributed by atoms with Gasteiger partial charge < -0.3 is 29.6 Å². The largest absolute Gasteiger partial charge is 0.498 e. The maximum Gasteiger partial charge on any atom is 0.498 e. The highest BCUT2D eigenvalue weighted by atomic mass is 16.7. The summed E-state index contributed by atoms with van der Waals surface area (Å²) >= 11 is 0.